The Morgan fingerprint density at radius 3 is 2.72 bits per heavy atom. The Hall–Kier alpha value is -0.840. The molecular weight excluding hydrogens is 335 g/mol. The predicted molar refractivity (Wildman–Crippen MR) is 82.5 cm³/mol. The fraction of sp³-hybridized carbons (Fsp3) is 0.400. The van der Waals surface area contributed by atoms with Crippen LogP contribution in [0.25, 0.3) is 11.1 Å². The van der Waals surface area contributed by atoms with Crippen LogP contribution in [0.15, 0.2) is 36.7 Å². The van der Waals surface area contributed by atoms with E-state index in [1.165, 1.54) is 46.8 Å². The molecule has 1 aliphatic carbocycles. The van der Waals surface area contributed by atoms with Crippen LogP contribution in [-0.4, -0.2) is 9.78 Å². The first kappa shape index (κ1) is 12.2. The Balaban J connectivity index is 1.84. The molecule has 1 fully saturated rings. The zero-order valence-corrected chi connectivity index (χ0v) is 12.5. The Morgan fingerprint density at radius 1 is 1.11 bits per heavy atom. The van der Waals surface area contributed by atoms with E-state index in [-0.39, 0.29) is 0 Å². The quantitative estimate of drug-likeness (QED) is 0.719. The normalized spacial score (nSPS) is 16.9. The van der Waals surface area contributed by atoms with E-state index in [0.29, 0.717) is 6.04 Å². The van der Waals surface area contributed by atoms with Crippen molar-refractivity contribution in [3.63, 3.8) is 0 Å². The lowest BCUT2D eigenvalue weighted by Crippen LogP contribution is -2.12. The van der Waals surface area contributed by atoms with Gasteiger partial charge in [0, 0.05) is 15.3 Å². The van der Waals surface area contributed by atoms with Gasteiger partial charge in [-0.05, 0) is 53.1 Å². The van der Waals surface area contributed by atoms with Gasteiger partial charge in [-0.1, -0.05) is 31.4 Å². The van der Waals surface area contributed by atoms with Gasteiger partial charge in [0.1, 0.15) is 0 Å². The highest BCUT2D eigenvalue weighted by Crippen LogP contribution is 2.29. The molecule has 0 radical (unpaired) electrons. The minimum absolute atomic E-state index is 0.621. The van der Waals surface area contributed by atoms with Crippen molar-refractivity contribution in [3.05, 3.63) is 40.2 Å². The highest BCUT2D eigenvalue weighted by Gasteiger charge is 2.16. The first-order valence-corrected chi connectivity index (χ1v) is 7.71. The van der Waals surface area contributed by atoms with Crippen LogP contribution < -0.4 is 0 Å². The van der Waals surface area contributed by atoms with E-state index in [1.807, 2.05) is 6.20 Å². The molecule has 0 atom stereocenters. The number of nitrogens with zero attached hydrogens (tertiary/aromatic N) is 2. The Bertz CT molecular complexity index is 527. The van der Waals surface area contributed by atoms with Crippen molar-refractivity contribution in [3.8, 4) is 11.1 Å². The van der Waals surface area contributed by atoms with E-state index in [1.54, 1.807) is 0 Å². The van der Waals surface area contributed by atoms with Crippen molar-refractivity contribution in [2.24, 2.45) is 0 Å². The van der Waals surface area contributed by atoms with Crippen LogP contribution in [0.4, 0.5) is 0 Å². The van der Waals surface area contributed by atoms with Crippen molar-refractivity contribution in [2.75, 3.05) is 0 Å². The van der Waals surface area contributed by atoms with Gasteiger partial charge in [-0.3, -0.25) is 4.68 Å². The molecule has 1 aromatic carbocycles. The van der Waals surface area contributed by atoms with Crippen LogP contribution in [-0.2, 0) is 0 Å². The minimum Gasteiger partial charge on any atom is -0.269 e. The molecule has 0 amide bonds. The van der Waals surface area contributed by atoms with E-state index in [2.05, 4.69) is 62.8 Å². The molecule has 1 heterocycles. The summed E-state index contributed by atoms with van der Waals surface area (Å²) in [6, 6.07) is 9.22. The molecule has 0 N–H and O–H groups in total. The maximum Gasteiger partial charge on any atom is 0.0568 e. The molecule has 0 aliphatic heterocycles. The molecule has 2 aromatic rings. The van der Waals surface area contributed by atoms with Crippen LogP contribution >= 0.6 is 22.6 Å². The lowest BCUT2D eigenvalue weighted by Gasteiger charge is -2.21. The summed E-state index contributed by atoms with van der Waals surface area (Å²) in [7, 11) is 0. The summed E-state index contributed by atoms with van der Waals surface area (Å²) >= 11 is 2.36. The largest absolute Gasteiger partial charge is 0.269 e. The van der Waals surface area contributed by atoms with Gasteiger partial charge < -0.3 is 0 Å². The summed E-state index contributed by atoms with van der Waals surface area (Å²) in [5.74, 6) is 0. The number of hydrogen-bond donors (Lipinski definition) is 0. The number of rotatable bonds is 2. The van der Waals surface area contributed by atoms with Crippen molar-refractivity contribution in [1.82, 2.24) is 9.78 Å². The monoisotopic (exact) mass is 352 g/mol. The second-order valence-electron chi connectivity index (χ2n) is 5.01. The standard InChI is InChI=1S/C15H17IN2/c16-14-6-4-5-12(9-14)13-10-17-18(11-13)15-7-2-1-3-8-15/h4-6,9-11,15H,1-3,7-8H2. The van der Waals surface area contributed by atoms with Crippen LogP contribution in [0.1, 0.15) is 38.1 Å². The van der Waals surface area contributed by atoms with E-state index in [4.69, 9.17) is 0 Å². The van der Waals surface area contributed by atoms with Gasteiger partial charge in [0.2, 0.25) is 0 Å². The molecular formula is C15H17IN2. The summed E-state index contributed by atoms with van der Waals surface area (Å²) < 4.78 is 3.45. The third kappa shape index (κ3) is 2.60. The third-order valence-corrected chi connectivity index (χ3v) is 4.38. The smallest absolute Gasteiger partial charge is 0.0568 e. The zero-order valence-electron chi connectivity index (χ0n) is 10.3. The molecule has 1 aliphatic rings. The molecule has 1 aromatic heterocycles. The van der Waals surface area contributed by atoms with E-state index in [0.717, 1.165) is 0 Å². The number of halogens is 1. The lowest BCUT2D eigenvalue weighted by atomic mass is 9.96. The van der Waals surface area contributed by atoms with Gasteiger partial charge in [0.05, 0.1) is 12.2 Å². The summed E-state index contributed by atoms with van der Waals surface area (Å²) in [6.45, 7) is 0. The molecule has 0 saturated heterocycles. The molecule has 18 heavy (non-hydrogen) atoms. The average Bonchev–Trinajstić information content (AvgIpc) is 2.89. The Labute approximate surface area is 122 Å². The Morgan fingerprint density at radius 2 is 1.94 bits per heavy atom. The van der Waals surface area contributed by atoms with Crippen molar-refractivity contribution in [2.45, 2.75) is 38.1 Å². The molecule has 0 unspecified atom stereocenters. The van der Waals surface area contributed by atoms with Crippen LogP contribution in [0.5, 0.6) is 0 Å². The number of benzene rings is 1. The second kappa shape index (κ2) is 5.43. The summed E-state index contributed by atoms with van der Waals surface area (Å²) in [4.78, 5) is 0. The summed E-state index contributed by atoms with van der Waals surface area (Å²) in [6.07, 6.45) is 10.9. The molecule has 94 valence electrons. The maximum atomic E-state index is 4.56. The van der Waals surface area contributed by atoms with E-state index in [9.17, 15) is 0 Å². The van der Waals surface area contributed by atoms with Gasteiger partial charge >= 0.3 is 0 Å². The molecule has 1 saturated carbocycles. The number of hydrogen-bond acceptors (Lipinski definition) is 1. The Kier molecular flexibility index (Phi) is 3.68. The highest BCUT2D eigenvalue weighted by molar-refractivity contribution is 14.1. The fourth-order valence-corrected chi connectivity index (χ4v) is 3.24. The molecule has 2 nitrogen and oxygen atoms in total. The topological polar surface area (TPSA) is 17.8 Å². The summed E-state index contributed by atoms with van der Waals surface area (Å²) in [5, 5.41) is 4.56. The first-order chi connectivity index (χ1) is 8.83. The SMILES string of the molecule is Ic1cccc(-c2cnn(C3CCCCC3)c2)c1. The maximum absolute atomic E-state index is 4.56. The van der Waals surface area contributed by atoms with Crippen LogP contribution in [0.3, 0.4) is 0 Å². The second-order valence-corrected chi connectivity index (χ2v) is 6.26. The molecule has 3 heteroatoms. The van der Waals surface area contributed by atoms with Gasteiger partial charge in [-0.2, -0.15) is 5.10 Å². The fourth-order valence-electron chi connectivity index (χ4n) is 2.70. The van der Waals surface area contributed by atoms with E-state index < -0.39 is 0 Å². The van der Waals surface area contributed by atoms with Crippen molar-refractivity contribution in [1.29, 1.82) is 0 Å². The van der Waals surface area contributed by atoms with E-state index >= 15 is 0 Å². The minimum atomic E-state index is 0.621. The van der Waals surface area contributed by atoms with Gasteiger partial charge in [0.15, 0.2) is 0 Å². The molecule has 3 rings (SSSR count). The van der Waals surface area contributed by atoms with Gasteiger partial charge in [-0.15, -0.1) is 0 Å². The average molecular weight is 352 g/mol. The third-order valence-electron chi connectivity index (χ3n) is 3.71. The highest BCUT2D eigenvalue weighted by atomic mass is 127. The van der Waals surface area contributed by atoms with Gasteiger partial charge in [-0.25, -0.2) is 0 Å². The summed E-state index contributed by atoms with van der Waals surface area (Å²) in [5.41, 5.74) is 2.50. The number of aromatic nitrogens is 2. The molecule has 0 bridgehead atoms. The first-order valence-electron chi connectivity index (χ1n) is 6.63. The van der Waals surface area contributed by atoms with Crippen LogP contribution in [0.2, 0.25) is 0 Å². The van der Waals surface area contributed by atoms with Crippen molar-refractivity contribution < 1.29 is 0 Å². The predicted octanol–water partition coefficient (Wildman–Crippen LogP) is 4.66. The zero-order chi connectivity index (χ0) is 12.4. The van der Waals surface area contributed by atoms with Gasteiger partial charge in [0.25, 0.3) is 0 Å². The lowest BCUT2D eigenvalue weighted by molar-refractivity contribution is 0.329. The molecule has 0 spiro atoms. The van der Waals surface area contributed by atoms with Crippen molar-refractivity contribution >= 4 is 22.6 Å². The van der Waals surface area contributed by atoms with Crippen LogP contribution in [0, 0.1) is 3.57 Å².